The van der Waals surface area contributed by atoms with Crippen molar-refractivity contribution < 1.29 is 19.5 Å². The number of nitrogens with one attached hydrogen (secondary N) is 1. The Labute approximate surface area is 88.6 Å². The Hall–Kier alpha value is -1.15. The van der Waals surface area contributed by atoms with E-state index in [0.29, 0.717) is 0 Å². The molecule has 0 saturated carbocycles. The molecule has 0 fully saturated rings. The van der Waals surface area contributed by atoms with Crippen LogP contribution in [0.3, 0.4) is 0 Å². The maximum absolute atomic E-state index is 11.1. The van der Waals surface area contributed by atoms with E-state index in [1.54, 1.807) is 0 Å². The molecule has 8 heteroatoms. The van der Waals surface area contributed by atoms with Crippen LogP contribution in [0.1, 0.15) is 0 Å². The van der Waals surface area contributed by atoms with Crippen molar-refractivity contribution in [3.8, 4) is 0 Å². The quantitative estimate of drug-likeness (QED) is 0.513. The lowest BCUT2D eigenvalue weighted by Gasteiger charge is -2.11. The molecule has 0 unspecified atom stereocenters. The number of nitrogens with zero attached hydrogens (tertiary/aromatic N) is 1. The van der Waals surface area contributed by atoms with Crippen molar-refractivity contribution >= 4 is 33.9 Å². The fourth-order valence-electron chi connectivity index (χ4n) is 0.539. The molecule has 0 atom stereocenters. The van der Waals surface area contributed by atoms with Crippen LogP contribution in [0.4, 0.5) is 0 Å². The van der Waals surface area contributed by atoms with Crippen LogP contribution < -0.4 is 11.1 Å². The molecule has 0 saturated heterocycles. The second-order valence-corrected chi connectivity index (χ2v) is 3.14. The summed E-state index contributed by atoms with van der Waals surface area (Å²) in [4.78, 5) is 31.9. The van der Waals surface area contributed by atoms with Crippen LogP contribution in [0.25, 0.3) is 0 Å². The van der Waals surface area contributed by atoms with Gasteiger partial charge in [0.15, 0.2) is 0 Å². The number of amides is 2. The summed E-state index contributed by atoms with van der Waals surface area (Å²) in [5, 5.41) is 10.5. The molecular weight excluding hydrogens is 258 g/mol. The molecular formula is C6H10BrN3O4. The third kappa shape index (κ3) is 5.49. The minimum atomic E-state index is -1.15. The normalized spacial score (nSPS) is 9.29. The summed E-state index contributed by atoms with van der Waals surface area (Å²) in [6.07, 6.45) is 0. The first kappa shape index (κ1) is 12.8. The third-order valence-corrected chi connectivity index (χ3v) is 1.81. The second-order valence-electron chi connectivity index (χ2n) is 2.29. The number of hydrogen-bond acceptors (Lipinski definition) is 4. The summed E-state index contributed by atoms with van der Waals surface area (Å²) < 4.78 is 0.812. The summed E-state index contributed by atoms with van der Waals surface area (Å²) in [6.45, 7) is -0.972. The lowest BCUT2D eigenvalue weighted by Crippen LogP contribution is -2.39. The van der Waals surface area contributed by atoms with E-state index in [1.165, 1.54) is 0 Å². The zero-order valence-corrected chi connectivity index (χ0v) is 8.78. The van der Waals surface area contributed by atoms with Crippen LogP contribution in [0, 0.1) is 0 Å². The van der Waals surface area contributed by atoms with Gasteiger partial charge >= 0.3 is 5.97 Å². The molecule has 14 heavy (non-hydrogen) atoms. The lowest BCUT2D eigenvalue weighted by molar-refractivity contribution is -0.140. The predicted molar refractivity (Wildman–Crippen MR) is 50.3 cm³/mol. The molecule has 0 bridgehead atoms. The van der Waals surface area contributed by atoms with Gasteiger partial charge in [-0.25, -0.2) is 0 Å². The molecule has 0 aromatic carbocycles. The highest BCUT2D eigenvalue weighted by molar-refractivity contribution is 9.07. The van der Waals surface area contributed by atoms with Crippen LogP contribution in [0.5, 0.6) is 0 Å². The fourth-order valence-corrected chi connectivity index (χ4v) is 0.879. The summed E-state index contributed by atoms with van der Waals surface area (Å²) in [5.41, 5.74) is 4.97. The van der Waals surface area contributed by atoms with E-state index in [9.17, 15) is 14.4 Å². The smallest absolute Gasteiger partial charge is 0.324 e. The van der Waals surface area contributed by atoms with Crippen molar-refractivity contribution in [3.63, 3.8) is 0 Å². The summed E-state index contributed by atoms with van der Waals surface area (Å²) in [6, 6.07) is 0. The molecule has 0 aliphatic heterocycles. The first-order valence-electron chi connectivity index (χ1n) is 3.62. The van der Waals surface area contributed by atoms with Gasteiger partial charge < -0.3 is 16.2 Å². The number of carbonyl (C=O) groups is 3. The van der Waals surface area contributed by atoms with Crippen LogP contribution >= 0.6 is 16.1 Å². The number of rotatable bonds is 5. The Morgan fingerprint density at radius 2 is 2.00 bits per heavy atom. The van der Waals surface area contributed by atoms with Gasteiger partial charge in [0.2, 0.25) is 5.91 Å². The molecule has 0 radical (unpaired) electrons. The van der Waals surface area contributed by atoms with E-state index in [1.807, 2.05) is 0 Å². The first-order chi connectivity index (χ1) is 6.47. The Bertz CT molecular complexity index is 245. The van der Waals surface area contributed by atoms with Crippen molar-refractivity contribution in [2.75, 3.05) is 19.6 Å². The molecule has 0 aromatic heterocycles. The third-order valence-electron chi connectivity index (χ3n) is 1.17. The zero-order valence-electron chi connectivity index (χ0n) is 7.20. The number of carbonyl (C=O) groups excluding carboxylic acids is 2. The average Bonchev–Trinajstić information content (AvgIpc) is 2.12. The van der Waals surface area contributed by atoms with Gasteiger partial charge in [-0.05, 0) is 0 Å². The number of halogens is 1. The minimum Gasteiger partial charge on any atom is -0.480 e. The lowest BCUT2D eigenvalue weighted by atomic mass is 10.5. The zero-order chi connectivity index (χ0) is 11.1. The molecule has 0 rings (SSSR count). The minimum absolute atomic E-state index is 0.214. The van der Waals surface area contributed by atoms with E-state index < -0.39 is 24.3 Å². The highest BCUT2D eigenvalue weighted by atomic mass is 79.9. The Morgan fingerprint density at radius 3 is 2.43 bits per heavy atom. The molecule has 0 aromatic rings. The summed E-state index contributed by atoms with van der Waals surface area (Å²) in [7, 11) is 0. The predicted octanol–water partition coefficient (Wildman–Crippen LogP) is -1.72. The van der Waals surface area contributed by atoms with Crippen LogP contribution in [-0.2, 0) is 14.4 Å². The van der Waals surface area contributed by atoms with Gasteiger partial charge in [-0.15, -0.1) is 0 Å². The number of carboxylic acid groups (broad SMARTS) is 1. The Morgan fingerprint density at radius 1 is 1.43 bits per heavy atom. The molecule has 4 N–H and O–H groups in total. The van der Waals surface area contributed by atoms with E-state index in [0.717, 1.165) is 3.93 Å². The molecule has 0 aliphatic rings. The van der Waals surface area contributed by atoms with Gasteiger partial charge in [0.1, 0.15) is 6.54 Å². The van der Waals surface area contributed by atoms with E-state index in [-0.39, 0.29) is 13.1 Å². The monoisotopic (exact) mass is 267 g/mol. The van der Waals surface area contributed by atoms with Crippen molar-refractivity contribution in [2.45, 2.75) is 0 Å². The van der Waals surface area contributed by atoms with Crippen LogP contribution in [-0.4, -0.2) is 46.5 Å². The SMILES string of the molecule is NCC(=O)NCC(=O)N(Br)CC(=O)O. The van der Waals surface area contributed by atoms with Gasteiger partial charge in [0, 0.05) is 0 Å². The highest BCUT2D eigenvalue weighted by Gasteiger charge is 2.14. The summed E-state index contributed by atoms with van der Waals surface area (Å²) >= 11 is 2.74. The van der Waals surface area contributed by atoms with E-state index in [4.69, 9.17) is 10.8 Å². The van der Waals surface area contributed by atoms with Crippen molar-refractivity contribution in [3.05, 3.63) is 0 Å². The largest absolute Gasteiger partial charge is 0.480 e. The Balaban J connectivity index is 3.84. The molecule has 0 aliphatic carbocycles. The van der Waals surface area contributed by atoms with Crippen LogP contribution in [0.15, 0.2) is 0 Å². The van der Waals surface area contributed by atoms with E-state index in [2.05, 4.69) is 21.5 Å². The van der Waals surface area contributed by atoms with Crippen molar-refractivity contribution in [1.29, 1.82) is 0 Å². The Kier molecular flexibility index (Phi) is 5.81. The standard InChI is InChI=1S/C6H10BrN3O4/c7-10(3-6(13)14)5(12)2-9-4(11)1-8/h1-3,8H2,(H,9,11)(H,13,14). The van der Waals surface area contributed by atoms with E-state index >= 15 is 0 Å². The molecule has 80 valence electrons. The topological polar surface area (TPSA) is 113 Å². The molecule has 0 spiro atoms. The maximum Gasteiger partial charge on any atom is 0.324 e. The molecule has 7 nitrogen and oxygen atoms in total. The maximum atomic E-state index is 11.1. The molecule has 2 amide bonds. The van der Waals surface area contributed by atoms with Crippen molar-refractivity contribution in [2.24, 2.45) is 5.73 Å². The van der Waals surface area contributed by atoms with Crippen LogP contribution in [0.2, 0.25) is 0 Å². The van der Waals surface area contributed by atoms with Crippen molar-refractivity contribution in [1.82, 2.24) is 9.24 Å². The number of hydrogen-bond donors (Lipinski definition) is 3. The number of aliphatic carboxylic acids is 1. The summed E-state index contributed by atoms with van der Waals surface area (Å²) in [5.74, 6) is -2.19. The van der Waals surface area contributed by atoms with Gasteiger partial charge in [-0.1, -0.05) is 0 Å². The average molecular weight is 268 g/mol. The van der Waals surface area contributed by atoms with Gasteiger partial charge in [0.05, 0.1) is 29.2 Å². The van der Waals surface area contributed by atoms with Gasteiger partial charge in [-0.3, -0.25) is 18.3 Å². The highest BCUT2D eigenvalue weighted by Crippen LogP contribution is 1.96. The number of carboxylic acids is 1. The first-order valence-corrected chi connectivity index (χ1v) is 4.33. The number of nitrogens with two attached hydrogens (primary N) is 1. The molecule has 0 heterocycles. The second kappa shape index (κ2) is 6.33. The van der Waals surface area contributed by atoms with Gasteiger partial charge in [-0.2, -0.15) is 0 Å². The van der Waals surface area contributed by atoms with Gasteiger partial charge in [0.25, 0.3) is 5.91 Å². The fraction of sp³-hybridized carbons (Fsp3) is 0.500.